The lowest BCUT2D eigenvalue weighted by molar-refractivity contribution is -0.174. The first-order valence-electron chi connectivity index (χ1n) is 5.10. The van der Waals surface area contributed by atoms with Crippen LogP contribution < -0.4 is 5.32 Å². The van der Waals surface area contributed by atoms with Crippen molar-refractivity contribution in [1.29, 1.82) is 0 Å². The van der Waals surface area contributed by atoms with Gasteiger partial charge in [-0.15, -0.1) is 11.3 Å². The van der Waals surface area contributed by atoms with Gasteiger partial charge in [0.1, 0.15) is 18.9 Å². The number of thiophene rings is 1. The van der Waals surface area contributed by atoms with Crippen molar-refractivity contribution in [3.05, 3.63) is 21.9 Å². The second kappa shape index (κ2) is 4.82. The van der Waals surface area contributed by atoms with Crippen LogP contribution in [0.4, 0.5) is 13.2 Å². The van der Waals surface area contributed by atoms with Gasteiger partial charge in [-0.1, -0.05) is 5.16 Å². The fourth-order valence-electron chi connectivity index (χ4n) is 1.81. The van der Waals surface area contributed by atoms with Gasteiger partial charge in [0, 0.05) is 0 Å². The third kappa shape index (κ3) is 2.43. The second-order valence-corrected chi connectivity index (χ2v) is 4.67. The summed E-state index contributed by atoms with van der Waals surface area (Å²) in [4.78, 5) is 16.0. The maximum Gasteiger partial charge on any atom is 0.471 e. The van der Waals surface area contributed by atoms with Crippen LogP contribution in [0.25, 0.3) is 0 Å². The van der Waals surface area contributed by atoms with Gasteiger partial charge in [-0.3, -0.25) is 4.79 Å². The third-order valence-electron chi connectivity index (χ3n) is 2.59. The summed E-state index contributed by atoms with van der Waals surface area (Å²) < 4.78 is 36.7. The van der Waals surface area contributed by atoms with Crippen molar-refractivity contribution < 1.29 is 27.9 Å². The van der Waals surface area contributed by atoms with Crippen LogP contribution in [0.15, 0.2) is 16.6 Å². The molecule has 0 spiro atoms. The Morgan fingerprint density at radius 3 is 2.84 bits per heavy atom. The highest BCUT2D eigenvalue weighted by atomic mass is 32.1. The number of aliphatic hydroxyl groups excluding tert-OH is 1. The number of carbonyl (C=O) groups is 1. The van der Waals surface area contributed by atoms with Crippen molar-refractivity contribution in [2.24, 2.45) is 5.16 Å². The largest absolute Gasteiger partial charge is 0.471 e. The molecule has 1 aliphatic rings. The molecule has 0 saturated heterocycles. The number of halogens is 3. The van der Waals surface area contributed by atoms with Crippen molar-refractivity contribution in [2.75, 3.05) is 7.11 Å². The molecule has 1 aliphatic carbocycles. The summed E-state index contributed by atoms with van der Waals surface area (Å²) >= 11 is 1.20. The number of hydrogen-bond donors (Lipinski definition) is 2. The molecule has 1 amide bonds. The Kier molecular flexibility index (Phi) is 3.50. The average Bonchev–Trinajstić information content (AvgIpc) is 2.86. The van der Waals surface area contributed by atoms with E-state index in [1.54, 1.807) is 10.7 Å². The number of alkyl halides is 3. The molecular formula is C10H9F3N2O3S. The van der Waals surface area contributed by atoms with Crippen LogP contribution in [-0.2, 0) is 9.63 Å². The molecule has 2 rings (SSSR count). The molecule has 0 fully saturated rings. The van der Waals surface area contributed by atoms with E-state index in [0.29, 0.717) is 10.4 Å². The fraction of sp³-hybridized carbons (Fsp3) is 0.400. The molecule has 2 unspecified atom stereocenters. The smallest absolute Gasteiger partial charge is 0.399 e. The lowest BCUT2D eigenvalue weighted by atomic mass is 10.1. The summed E-state index contributed by atoms with van der Waals surface area (Å²) in [6.45, 7) is 0. The molecule has 2 atom stereocenters. The normalized spacial score (nSPS) is 24.4. The van der Waals surface area contributed by atoms with Crippen LogP contribution in [0, 0.1) is 0 Å². The summed E-state index contributed by atoms with van der Waals surface area (Å²) in [5, 5.41) is 16.9. The molecule has 0 saturated carbocycles. The van der Waals surface area contributed by atoms with Gasteiger partial charge >= 0.3 is 12.1 Å². The molecule has 0 bridgehead atoms. The Morgan fingerprint density at radius 2 is 2.26 bits per heavy atom. The molecule has 19 heavy (non-hydrogen) atoms. The summed E-state index contributed by atoms with van der Waals surface area (Å²) in [7, 11) is 1.26. The van der Waals surface area contributed by atoms with Crippen molar-refractivity contribution in [3.8, 4) is 0 Å². The molecule has 1 aromatic rings. The van der Waals surface area contributed by atoms with Crippen LogP contribution in [-0.4, -0.2) is 36.1 Å². The zero-order valence-corrected chi connectivity index (χ0v) is 10.4. The molecule has 104 valence electrons. The molecule has 0 aromatic carbocycles. The van der Waals surface area contributed by atoms with Crippen LogP contribution in [0.2, 0.25) is 0 Å². The summed E-state index contributed by atoms with van der Waals surface area (Å²) in [5.41, 5.74) is 0.505. The fourth-order valence-corrected chi connectivity index (χ4v) is 2.77. The van der Waals surface area contributed by atoms with Gasteiger partial charge < -0.3 is 15.3 Å². The van der Waals surface area contributed by atoms with E-state index in [1.165, 1.54) is 24.5 Å². The second-order valence-electron chi connectivity index (χ2n) is 3.76. The standard InChI is InChI=1S/C10H9F3N2O3S/c1-18-15-6-7(16)5(4-2-3-19-8(4)6)14-9(17)10(11,12)13/h2-3,5,7,16H,1H3,(H,14,17)/b15-6+. The van der Waals surface area contributed by atoms with Crippen LogP contribution in [0.1, 0.15) is 16.5 Å². The van der Waals surface area contributed by atoms with Crippen molar-refractivity contribution in [1.82, 2.24) is 5.32 Å². The van der Waals surface area contributed by atoms with Crippen LogP contribution in [0.3, 0.4) is 0 Å². The summed E-state index contributed by atoms with van der Waals surface area (Å²) in [6, 6.07) is 0.354. The number of fused-ring (bicyclic) bond motifs is 1. The Balaban J connectivity index is 2.29. The first kappa shape index (κ1) is 13.8. The number of amides is 1. The molecule has 0 aliphatic heterocycles. The quantitative estimate of drug-likeness (QED) is 0.805. The molecule has 5 nitrogen and oxygen atoms in total. The molecule has 1 aromatic heterocycles. The van der Waals surface area contributed by atoms with Crippen molar-refractivity contribution in [3.63, 3.8) is 0 Å². The van der Waals surface area contributed by atoms with E-state index in [2.05, 4.69) is 9.99 Å². The Bertz CT molecular complexity index is 526. The lowest BCUT2D eigenvalue weighted by Crippen LogP contribution is -2.42. The number of carbonyl (C=O) groups excluding carboxylic acids is 1. The Morgan fingerprint density at radius 1 is 1.58 bits per heavy atom. The van der Waals surface area contributed by atoms with Crippen molar-refractivity contribution >= 4 is 23.0 Å². The zero-order valence-electron chi connectivity index (χ0n) is 9.56. The van der Waals surface area contributed by atoms with E-state index in [4.69, 9.17) is 0 Å². The first-order valence-corrected chi connectivity index (χ1v) is 5.98. The molecule has 9 heteroatoms. The highest BCUT2D eigenvalue weighted by Gasteiger charge is 2.45. The van der Waals surface area contributed by atoms with Crippen LogP contribution >= 0.6 is 11.3 Å². The third-order valence-corrected chi connectivity index (χ3v) is 3.55. The minimum absolute atomic E-state index is 0.111. The number of aliphatic hydroxyl groups is 1. The van der Waals surface area contributed by atoms with E-state index in [1.807, 2.05) is 0 Å². The minimum atomic E-state index is -5.00. The average molecular weight is 294 g/mol. The summed E-state index contributed by atoms with van der Waals surface area (Å²) in [6.07, 6.45) is -6.37. The van der Waals surface area contributed by atoms with E-state index in [-0.39, 0.29) is 5.71 Å². The number of hydrogen-bond acceptors (Lipinski definition) is 5. The Hall–Kier alpha value is -1.61. The Labute approximate surface area is 109 Å². The monoisotopic (exact) mass is 294 g/mol. The number of oxime groups is 1. The number of nitrogens with zero attached hydrogens (tertiary/aromatic N) is 1. The van der Waals surface area contributed by atoms with Crippen molar-refractivity contribution in [2.45, 2.75) is 18.3 Å². The predicted octanol–water partition coefficient (Wildman–Crippen LogP) is 1.19. The van der Waals surface area contributed by atoms with E-state index >= 15 is 0 Å². The van der Waals surface area contributed by atoms with Gasteiger partial charge in [-0.2, -0.15) is 13.2 Å². The molecule has 1 heterocycles. The summed E-state index contributed by atoms with van der Waals surface area (Å²) in [5.74, 6) is -2.10. The van der Waals surface area contributed by atoms with Gasteiger partial charge in [0.2, 0.25) is 0 Å². The highest BCUT2D eigenvalue weighted by molar-refractivity contribution is 7.12. The van der Waals surface area contributed by atoms with Gasteiger partial charge in [0.05, 0.1) is 10.9 Å². The van der Waals surface area contributed by atoms with E-state index < -0.39 is 24.2 Å². The first-order chi connectivity index (χ1) is 8.86. The predicted molar refractivity (Wildman–Crippen MR) is 60.8 cm³/mol. The maximum atomic E-state index is 12.2. The lowest BCUT2D eigenvalue weighted by Gasteiger charge is -2.18. The van der Waals surface area contributed by atoms with Gasteiger partial charge in [0.15, 0.2) is 0 Å². The van der Waals surface area contributed by atoms with E-state index in [0.717, 1.165) is 0 Å². The highest BCUT2D eigenvalue weighted by Crippen LogP contribution is 2.36. The molecule has 0 radical (unpaired) electrons. The SMILES string of the molecule is CO/N=C1/c2sccc2C(NC(=O)C(F)(F)F)C1O. The maximum absolute atomic E-state index is 12.2. The number of nitrogens with one attached hydrogen (secondary N) is 1. The minimum Gasteiger partial charge on any atom is -0.399 e. The van der Waals surface area contributed by atoms with E-state index in [9.17, 15) is 23.1 Å². The molecular weight excluding hydrogens is 285 g/mol. The van der Waals surface area contributed by atoms with Gasteiger partial charge in [0.25, 0.3) is 0 Å². The van der Waals surface area contributed by atoms with Gasteiger partial charge in [-0.05, 0) is 17.0 Å². The number of rotatable bonds is 2. The zero-order chi connectivity index (χ0) is 14.2. The molecule has 2 N–H and O–H groups in total. The topological polar surface area (TPSA) is 70.9 Å². The van der Waals surface area contributed by atoms with Gasteiger partial charge in [-0.25, -0.2) is 0 Å². The van der Waals surface area contributed by atoms with Crippen LogP contribution in [0.5, 0.6) is 0 Å².